The lowest BCUT2D eigenvalue weighted by molar-refractivity contribution is 0.310. The molecule has 0 saturated heterocycles. The van der Waals surface area contributed by atoms with E-state index in [4.69, 9.17) is 0 Å². The molecule has 1 atom stereocenters. The van der Waals surface area contributed by atoms with Crippen molar-refractivity contribution in [2.75, 3.05) is 14.1 Å². The normalized spacial score (nSPS) is 13.8. The largest absolute Gasteiger partial charge is 0.306 e. The molecule has 0 aliphatic heterocycles. The highest BCUT2D eigenvalue weighted by atomic mass is 15.1. The van der Waals surface area contributed by atoms with Gasteiger partial charge in [-0.15, -0.1) is 0 Å². The maximum Gasteiger partial charge on any atom is 0.0490 e. The lowest BCUT2D eigenvalue weighted by Crippen LogP contribution is -2.26. The second kappa shape index (κ2) is 3.53. The lowest BCUT2D eigenvalue weighted by atomic mass is 10.2. The van der Waals surface area contributed by atoms with Gasteiger partial charge in [-0.25, -0.2) is 0 Å². The maximum absolute atomic E-state index is 3.89. The standard InChI is InChI=1S/C8H15N3/c1-7(11(2)3)6-8-4-5-9-10-8/h4-5,7H,6H2,1-3H3,(H,9,10)/t7-/m1/s1. The average molecular weight is 153 g/mol. The molecule has 0 unspecified atom stereocenters. The molecule has 0 radical (unpaired) electrons. The molecule has 0 spiro atoms. The quantitative estimate of drug-likeness (QED) is 0.699. The van der Waals surface area contributed by atoms with E-state index in [9.17, 15) is 0 Å². The zero-order valence-corrected chi connectivity index (χ0v) is 7.33. The van der Waals surface area contributed by atoms with Gasteiger partial charge in [-0.3, -0.25) is 5.10 Å². The molecule has 3 heteroatoms. The summed E-state index contributed by atoms with van der Waals surface area (Å²) in [4.78, 5) is 2.20. The van der Waals surface area contributed by atoms with Crippen molar-refractivity contribution in [1.29, 1.82) is 0 Å². The fourth-order valence-corrected chi connectivity index (χ4v) is 0.899. The van der Waals surface area contributed by atoms with Crippen LogP contribution in [0.15, 0.2) is 12.3 Å². The summed E-state index contributed by atoms with van der Waals surface area (Å²) in [5.74, 6) is 0. The molecule has 0 aliphatic rings. The third-order valence-electron chi connectivity index (χ3n) is 1.96. The highest BCUT2D eigenvalue weighted by molar-refractivity contribution is 4.99. The van der Waals surface area contributed by atoms with E-state index in [-0.39, 0.29) is 0 Å². The minimum Gasteiger partial charge on any atom is -0.306 e. The Balaban J connectivity index is 2.43. The van der Waals surface area contributed by atoms with Crippen molar-refractivity contribution in [2.45, 2.75) is 19.4 Å². The molecule has 0 saturated carbocycles. The number of hydrogen-bond donors (Lipinski definition) is 1. The first-order valence-corrected chi connectivity index (χ1v) is 3.85. The van der Waals surface area contributed by atoms with Gasteiger partial charge in [-0.05, 0) is 27.1 Å². The molecule has 11 heavy (non-hydrogen) atoms. The minimum absolute atomic E-state index is 0.565. The number of nitrogens with zero attached hydrogens (tertiary/aromatic N) is 2. The number of likely N-dealkylation sites (N-methyl/N-ethyl adjacent to an activating group) is 1. The van der Waals surface area contributed by atoms with Crippen molar-refractivity contribution in [3.8, 4) is 0 Å². The Morgan fingerprint density at radius 2 is 2.36 bits per heavy atom. The van der Waals surface area contributed by atoms with Crippen molar-refractivity contribution in [3.63, 3.8) is 0 Å². The molecule has 0 bridgehead atoms. The van der Waals surface area contributed by atoms with E-state index in [1.807, 2.05) is 6.07 Å². The third kappa shape index (κ3) is 2.35. The van der Waals surface area contributed by atoms with Crippen LogP contribution >= 0.6 is 0 Å². The van der Waals surface area contributed by atoms with E-state index < -0.39 is 0 Å². The molecule has 0 aromatic carbocycles. The van der Waals surface area contributed by atoms with Gasteiger partial charge in [0.1, 0.15) is 0 Å². The van der Waals surface area contributed by atoms with Crippen LogP contribution in [0.4, 0.5) is 0 Å². The van der Waals surface area contributed by atoms with Gasteiger partial charge in [0.15, 0.2) is 0 Å². The van der Waals surface area contributed by atoms with Gasteiger partial charge in [-0.2, -0.15) is 5.10 Å². The first-order chi connectivity index (χ1) is 5.20. The summed E-state index contributed by atoms with van der Waals surface area (Å²) >= 11 is 0. The van der Waals surface area contributed by atoms with Crippen molar-refractivity contribution >= 4 is 0 Å². The molecular formula is C8H15N3. The fourth-order valence-electron chi connectivity index (χ4n) is 0.899. The molecule has 1 heterocycles. The minimum atomic E-state index is 0.565. The van der Waals surface area contributed by atoms with Crippen LogP contribution in [0.5, 0.6) is 0 Å². The van der Waals surface area contributed by atoms with Crippen molar-refractivity contribution in [1.82, 2.24) is 15.1 Å². The number of nitrogens with one attached hydrogen (secondary N) is 1. The summed E-state index contributed by atoms with van der Waals surface area (Å²) in [5.41, 5.74) is 1.20. The molecule has 3 nitrogen and oxygen atoms in total. The Hall–Kier alpha value is -0.830. The Labute approximate surface area is 67.4 Å². The maximum atomic E-state index is 3.89. The SMILES string of the molecule is C[C@H](Cc1ccn[nH]1)N(C)C. The molecule has 1 rings (SSSR count). The first kappa shape index (κ1) is 8.27. The zero-order valence-electron chi connectivity index (χ0n) is 7.33. The zero-order chi connectivity index (χ0) is 8.27. The fraction of sp³-hybridized carbons (Fsp3) is 0.625. The molecule has 1 aromatic heterocycles. The Kier molecular flexibility index (Phi) is 2.65. The lowest BCUT2D eigenvalue weighted by Gasteiger charge is -2.18. The Morgan fingerprint density at radius 1 is 1.64 bits per heavy atom. The first-order valence-electron chi connectivity index (χ1n) is 3.85. The average Bonchev–Trinajstić information content (AvgIpc) is 2.39. The van der Waals surface area contributed by atoms with Gasteiger partial charge in [0.2, 0.25) is 0 Å². The van der Waals surface area contributed by atoms with Gasteiger partial charge in [-0.1, -0.05) is 0 Å². The van der Waals surface area contributed by atoms with Crippen molar-refractivity contribution in [3.05, 3.63) is 18.0 Å². The van der Waals surface area contributed by atoms with Gasteiger partial charge >= 0.3 is 0 Å². The molecule has 1 N–H and O–H groups in total. The summed E-state index contributed by atoms with van der Waals surface area (Å²) in [5, 5.41) is 6.84. The summed E-state index contributed by atoms with van der Waals surface area (Å²) in [6.07, 6.45) is 2.82. The van der Waals surface area contributed by atoms with Crippen LogP contribution in [0.2, 0.25) is 0 Å². The summed E-state index contributed by atoms with van der Waals surface area (Å²) in [6, 6.07) is 2.58. The summed E-state index contributed by atoms with van der Waals surface area (Å²) < 4.78 is 0. The van der Waals surface area contributed by atoms with E-state index in [1.165, 1.54) is 5.69 Å². The van der Waals surface area contributed by atoms with E-state index in [0.29, 0.717) is 6.04 Å². The predicted molar refractivity (Wildman–Crippen MR) is 45.4 cm³/mol. The highest BCUT2D eigenvalue weighted by Crippen LogP contribution is 2.01. The van der Waals surface area contributed by atoms with Crippen LogP contribution in [-0.4, -0.2) is 35.2 Å². The molecule has 1 aromatic rings. The Bertz CT molecular complexity index is 191. The van der Waals surface area contributed by atoms with Gasteiger partial charge < -0.3 is 4.90 Å². The number of aromatic amines is 1. The van der Waals surface area contributed by atoms with Crippen molar-refractivity contribution < 1.29 is 0 Å². The van der Waals surface area contributed by atoms with Crippen LogP contribution < -0.4 is 0 Å². The molecule has 0 fully saturated rings. The summed E-state index contributed by atoms with van der Waals surface area (Å²) in [6.45, 7) is 2.20. The predicted octanol–water partition coefficient (Wildman–Crippen LogP) is 0.902. The van der Waals surface area contributed by atoms with Crippen LogP contribution in [-0.2, 0) is 6.42 Å². The molecule has 0 amide bonds. The van der Waals surface area contributed by atoms with E-state index in [2.05, 4.69) is 36.1 Å². The molecular weight excluding hydrogens is 138 g/mol. The van der Waals surface area contributed by atoms with Crippen LogP contribution in [0, 0.1) is 0 Å². The van der Waals surface area contributed by atoms with Crippen molar-refractivity contribution in [2.24, 2.45) is 0 Å². The summed E-state index contributed by atoms with van der Waals surface area (Å²) in [7, 11) is 4.17. The van der Waals surface area contributed by atoms with E-state index in [1.54, 1.807) is 6.20 Å². The monoisotopic (exact) mass is 153 g/mol. The van der Waals surface area contributed by atoms with Crippen LogP contribution in [0.1, 0.15) is 12.6 Å². The molecule has 0 aliphatic carbocycles. The third-order valence-corrected chi connectivity index (χ3v) is 1.96. The second-order valence-electron chi connectivity index (χ2n) is 3.10. The van der Waals surface area contributed by atoms with Gasteiger partial charge in [0.25, 0.3) is 0 Å². The topological polar surface area (TPSA) is 31.9 Å². The highest BCUT2D eigenvalue weighted by Gasteiger charge is 2.05. The van der Waals surface area contributed by atoms with Crippen LogP contribution in [0.25, 0.3) is 0 Å². The van der Waals surface area contributed by atoms with Gasteiger partial charge in [0, 0.05) is 24.4 Å². The van der Waals surface area contributed by atoms with Crippen LogP contribution in [0.3, 0.4) is 0 Å². The van der Waals surface area contributed by atoms with Gasteiger partial charge in [0.05, 0.1) is 0 Å². The second-order valence-corrected chi connectivity index (χ2v) is 3.10. The number of hydrogen-bond acceptors (Lipinski definition) is 2. The Morgan fingerprint density at radius 3 is 2.82 bits per heavy atom. The number of rotatable bonds is 3. The molecule has 62 valence electrons. The number of aromatic nitrogens is 2. The number of H-pyrrole nitrogens is 1. The smallest absolute Gasteiger partial charge is 0.0490 e. The van der Waals surface area contributed by atoms with E-state index >= 15 is 0 Å². The van der Waals surface area contributed by atoms with E-state index in [0.717, 1.165) is 6.42 Å².